The fourth-order valence-electron chi connectivity index (χ4n) is 1.32. The zero-order valence-electron chi connectivity index (χ0n) is 11.5. The molecule has 0 spiro atoms. The molecule has 0 aliphatic rings. The Labute approximate surface area is 104 Å². The van der Waals surface area contributed by atoms with Gasteiger partial charge in [0.05, 0.1) is 19.1 Å². The lowest BCUT2D eigenvalue weighted by atomic mass is 10.2. The van der Waals surface area contributed by atoms with E-state index >= 15 is 0 Å². The van der Waals surface area contributed by atoms with Crippen LogP contribution in [-0.4, -0.2) is 64.4 Å². The standard InChI is InChI=1S/C12H26N2O3/c1-5-17-12(15)11(2)10-13-6-7-14(3)8-9-16-4/h11,13H,5-10H2,1-4H3. The summed E-state index contributed by atoms with van der Waals surface area (Å²) in [4.78, 5) is 13.5. The summed E-state index contributed by atoms with van der Waals surface area (Å²) in [7, 11) is 3.75. The largest absolute Gasteiger partial charge is 0.466 e. The van der Waals surface area contributed by atoms with Crippen LogP contribution >= 0.6 is 0 Å². The van der Waals surface area contributed by atoms with Crippen molar-refractivity contribution in [1.29, 1.82) is 0 Å². The Hall–Kier alpha value is -0.650. The third-order valence-corrected chi connectivity index (χ3v) is 2.49. The summed E-state index contributed by atoms with van der Waals surface area (Å²) in [6.45, 7) is 8.28. The number of ether oxygens (including phenoxy) is 2. The highest BCUT2D eigenvalue weighted by atomic mass is 16.5. The van der Waals surface area contributed by atoms with Crippen LogP contribution in [-0.2, 0) is 14.3 Å². The van der Waals surface area contributed by atoms with Gasteiger partial charge in [-0.3, -0.25) is 4.79 Å². The van der Waals surface area contributed by atoms with Crippen molar-refractivity contribution in [2.75, 3.05) is 53.6 Å². The van der Waals surface area contributed by atoms with Crippen LogP contribution in [0.2, 0.25) is 0 Å². The van der Waals surface area contributed by atoms with E-state index in [9.17, 15) is 4.79 Å². The normalized spacial score (nSPS) is 12.8. The first-order chi connectivity index (χ1) is 8.11. The molecule has 5 heteroatoms. The number of hydrogen-bond donors (Lipinski definition) is 1. The molecular weight excluding hydrogens is 220 g/mol. The molecule has 1 N–H and O–H groups in total. The topological polar surface area (TPSA) is 50.8 Å². The van der Waals surface area contributed by atoms with Crippen LogP contribution in [0.3, 0.4) is 0 Å². The van der Waals surface area contributed by atoms with Crippen molar-refractivity contribution in [2.45, 2.75) is 13.8 Å². The van der Waals surface area contributed by atoms with Gasteiger partial charge < -0.3 is 19.7 Å². The van der Waals surface area contributed by atoms with E-state index in [0.717, 1.165) is 26.2 Å². The molecule has 0 aromatic heterocycles. The average molecular weight is 246 g/mol. The predicted molar refractivity (Wildman–Crippen MR) is 68.0 cm³/mol. The van der Waals surface area contributed by atoms with E-state index in [1.807, 2.05) is 13.8 Å². The summed E-state index contributed by atoms with van der Waals surface area (Å²) in [5.41, 5.74) is 0. The van der Waals surface area contributed by atoms with Gasteiger partial charge in [-0.1, -0.05) is 6.92 Å². The monoisotopic (exact) mass is 246 g/mol. The second-order valence-electron chi connectivity index (χ2n) is 4.15. The molecule has 0 aliphatic carbocycles. The molecule has 0 saturated carbocycles. The lowest BCUT2D eigenvalue weighted by Crippen LogP contribution is -2.35. The average Bonchev–Trinajstić information content (AvgIpc) is 2.32. The van der Waals surface area contributed by atoms with Crippen LogP contribution < -0.4 is 5.32 Å². The molecule has 0 radical (unpaired) electrons. The van der Waals surface area contributed by atoms with Gasteiger partial charge in [0.15, 0.2) is 0 Å². The highest BCUT2D eigenvalue weighted by Gasteiger charge is 2.12. The quantitative estimate of drug-likeness (QED) is 0.445. The summed E-state index contributed by atoms with van der Waals surface area (Å²) >= 11 is 0. The zero-order chi connectivity index (χ0) is 13.1. The van der Waals surface area contributed by atoms with Gasteiger partial charge in [-0.25, -0.2) is 0 Å². The molecule has 0 aromatic rings. The molecule has 0 fully saturated rings. The Kier molecular flexibility index (Phi) is 10.1. The molecule has 0 aromatic carbocycles. The Morgan fingerprint density at radius 2 is 2.12 bits per heavy atom. The summed E-state index contributed by atoms with van der Waals surface area (Å²) in [6, 6.07) is 0. The van der Waals surface area contributed by atoms with Crippen LogP contribution in [0.5, 0.6) is 0 Å². The summed E-state index contributed by atoms with van der Waals surface area (Å²) in [6.07, 6.45) is 0. The Balaban J connectivity index is 3.46. The molecule has 0 heterocycles. The van der Waals surface area contributed by atoms with Gasteiger partial charge in [0.1, 0.15) is 0 Å². The Morgan fingerprint density at radius 3 is 2.71 bits per heavy atom. The maximum atomic E-state index is 11.3. The van der Waals surface area contributed by atoms with Gasteiger partial charge >= 0.3 is 5.97 Å². The van der Waals surface area contributed by atoms with E-state index in [1.165, 1.54) is 0 Å². The van der Waals surface area contributed by atoms with E-state index < -0.39 is 0 Å². The van der Waals surface area contributed by atoms with E-state index in [2.05, 4.69) is 17.3 Å². The number of nitrogens with zero attached hydrogens (tertiary/aromatic N) is 1. The molecule has 0 amide bonds. The van der Waals surface area contributed by atoms with Crippen molar-refractivity contribution >= 4 is 5.97 Å². The smallest absolute Gasteiger partial charge is 0.309 e. The van der Waals surface area contributed by atoms with Crippen LogP contribution in [0.15, 0.2) is 0 Å². The molecule has 5 nitrogen and oxygen atoms in total. The summed E-state index contributed by atoms with van der Waals surface area (Å²) in [5.74, 6) is -0.216. The van der Waals surface area contributed by atoms with Crippen molar-refractivity contribution < 1.29 is 14.3 Å². The molecule has 1 unspecified atom stereocenters. The fourth-order valence-corrected chi connectivity index (χ4v) is 1.32. The van der Waals surface area contributed by atoms with E-state index in [0.29, 0.717) is 13.2 Å². The lowest BCUT2D eigenvalue weighted by molar-refractivity contribution is -0.147. The summed E-state index contributed by atoms with van der Waals surface area (Å²) in [5, 5.41) is 3.25. The van der Waals surface area contributed by atoms with Crippen LogP contribution in [0.1, 0.15) is 13.8 Å². The minimum Gasteiger partial charge on any atom is -0.466 e. The highest BCUT2D eigenvalue weighted by molar-refractivity contribution is 5.72. The number of nitrogens with one attached hydrogen (secondary N) is 1. The predicted octanol–water partition coefficient (Wildman–Crippen LogP) is 0.353. The van der Waals surface area contributed by atoms with Crippen LogP contribution in [0.4, 0.5) is 0 Å². The lowest BCUT2D eigenvalue weighted by Gasteiger charge is -2.17. The number of likely N-dealkylation sites (N-methyl/N-ethyl adjacent to an activating group) is 1. The first kappa shape index (κ1) is 16.4. The van der Waals surface area contributed by atoms with Crippen molar-refractivity contribution in [3.8, 4) is 0 Å². The van der Waals surface area contributed by atoms with Gasteiger partial charge in [0.25, 0.3) is 0 Å². The first-order valence-electron chi connectivity index (χ1n) is 6.16. The van der Waals surface area contributed by atoms with Gasteiger partial charge in [0, 0.05) is 33.3 Å². The number of carbonyl (C=O) groups is 1. The van der Waals surface area contributed by atoms with E-state index in [-0.39, 0.29) is 11.9 Å². The SMILES string of the molecule is CCOC(=O)C(C)CNCCN(C)CCOC. The van der Waals surface area contributed by atoms with Gasteiger partial charge in [-0.05, 0) is 14.0 Å². The third-order valence-electron chi connectivity index (χ3n) is 2.49. The molecular formula is C12H26N2O3. The van der Waals surface area contributed by atoms with Crippen LogP contribution in [0, 0.1) is 5.92 Å². The van der Waals surface area contributed by atoms with Crippen molar-refractivity contribution in [1.82, 2.24) is 10.2 Å². The minimum absolute atomic E-state index is 0.0840. The maximum Gasteiger partial charge on any atom is 0.309 e. The van der Waals surface area contributed by atoms with Gasteiger partial charge in [-0.15, -0.1) is 0 Å². The first-order valence-corrected chi connectivity index (χ1v) is 6.16. The fraction of sp³-hybridized carbons (Fsp3) is 0.917. The third kappa shape index (κ3) is 9.09. The van der Waals surface area contributed by atoms with Crippen LogP contribution in [0.25, 0.3) is 0 Å². The number of methoxy groups -OCH3 is 1. The Morgan fingerprint density at radius 1 is 1.41 bits per heavy atom. The van der Waals surface area contributed by atoms with Gasteiger partial charge in [0.2, 0.25) is 0 Å². The summed E-state index contributed by atoms with van der Waals surface area (Å²) < 4.78 is 9.92. The molecule has 1 atom stereocenters. The molecule has 0 rings (SSSR count). The molecule has 0 aliphatic heterocycles. The number of rotatable bonds is 10. The second-order valence-corrected chi connectivity index (χ2v) is 4.15. The number of carbonyl (C=O) groups excluding carboxylic acids is 1. The van der Waals surface area contributed by atoms with Crippen molar-refractivity contribution in [2.24, 2.45) is 5.92 Å². The number of esters is 1. The molecule has 102 valence electrons. The molecule has 17 heavy (non-hydrogen) atoms. The van der Waals surface area contributed by atoms with E-state index in [4.69, 9.17) is 9.47 Å². The van der Waals surface area contributed by atoms with Crippen molar-refractivity contribution in [3.05, 3.63) is 0 Å². The maximum absolute atomic E-state index is 11.3. The zero-order valence-corrected chi connectivity index (χ0v) is 11.5. The molecule has 0 saturated heterocycles. The van der Waals surface area contributed by atoms with Gasteiger partial charge in [-0.2, -0.15) is 0 Å². The molecule has 0 bridgehead atoms. The second kappa shape index (κ2) is 10.5. The minimum atomic E-state index is -0.132. The Bertz CT molecular complexity index is 200. The van der Waals surface area contributed by atoms with Crippen molar-refractivity contribution in [3.63, 3.8) is 0 Å². The highest BCUT2D eigenvalue weighted by Crippen LogP contribution is 1.96. The number of hydrogen-bond acceptors (Lipinski definition) is 5. The van der Waals surface area contributed by atoms with E-state index in [1.54, 1.807) is 7.11 Å².